The van der Waals surface area contributed by atoms with E-state index < -0.39 is 51.8 Å². The number of aliphatic hydroxyl groups is 2. The number of hydrogen-bond acceptors (Lipinski definition) is 10. The molecule has 3 N–H and O–H groups in total. The summed E-state index contributed by atoms with van der Waals surface area (Å²) in [7, 11) is -4.65. The van der Waals surface area contributed by atoms with Crippen molar-refractivity contribution in [3.05, 3.63) is 60.8 Å². The number of phosphoric ester groups is 1. The summed E-state index contributed by atoms with van der Waals surface area (Å²) in [6.07, 6.45) is 41.7. The van der Waals surface area contributed by atoms with Crippen molar-refractivity contribution in [3.63, 3.8) is 0 Å². The minimum atomic E-state index is -4.65. The molecule has 1 unspecified atom stereocenters. The summed E-state index contributed by atoms with van der Waals surface area (Å²) in [6.45, 7) is 2.12. The van der Waals surface area contributed by atoms with Gasteiger partial charge >= 0.3 is 19.8 Å². The lowest BCUT2D eigenvalue weighted by molar-refractivity contribution is -0.161. The maximum atomic E-state index is 12.6. The SMILES string of the molecule is CCCCCCCC/C=C\CCCCCCCCCC(=O)O[C@H](COC(=O)CCC/C=C\C/C=C\C/C=C\C=C\C(=O)CCCCC)COP(=O)(O)OC[C@@H](O)CO. The Morgan fingerprint density at radius 1 is 0.569 bits per heavy atom. The van der Waals surface area contributed by atoms with E-state index in [1.807, 2.05) is 36.5 Å². The molecule has 12 heteroatoms. The Morgan fingerprint density at radius 3 is 1.72 bits per heavy atom. The quantitative estimate of drug-likeness (QED) is 0.0134. The van der Waals surface area contributed by atoms with Crippen LogP contribution in [0.2, 0.25) is 0 Å². The highest BCUT2D eigenvalue weighted by molar-refractivity contribution is 7.47. The number of carbonyl (C=O) groups excluding carboxylic acids is 3. The molecular weight excluding hydrogens is 759 g/mol. The predicted octanol–water partition coefficient (Wildman–Crippen LogP) is 11.1. The predicted molar refractivity (Wildman–Crippen MR) is 233 cm³/mol. The van der Waals surface area contributed by atoms with Crippen LogP contribution in [0.25, 0.3) is 0 Å². The van der Waals surface area contributed by atoms with Crippen molar-refractivity contribution in [2.45, 2.75) is 187 Å². The largest absolute Gasteiger partial charge is 0.472 e. The first kappa shape index (κ1) is 55.3. The lowest BCUT2D eigenvalue weighted by atomic mass is 10.1. The highest BCUT2D eigenvalue weighted by Crippen LogP contribution is 2.43. The van der Waals surface area contributed by atoms with Crippen LogP contribution in [-0.2, 0) is 37.5 Å². The van der Waals surface area contributed by atoms with Crippen LogP contribution in [0.5, 0.6) is 0 Å². The van der Waals surface area contributed by atoms with E-state index >= 15 is 0 Å². The number of allylic oxidation sites excluding steroid dienone is 10. The van der Waals surface area contributed by atoms with Crippen LogP contribution in [0, 0.1) is 0 Å². The van der Waals surface area contributed by atoms with Gasteiger partial charge in [-0.3, -0.25) is 23.4 Å². The van der Waals surface area contributed by atoms with Crippen molar-refractivity contribution in [1.82, 2.24) is 0 Å². The van der Waals surface area contributed by atoms with Crippen LogP contribution < -0.4 is 0 Å². The smallest absolute Gasteiger partial charge is 0.462 e. The van der Waals surface area contributed by atoms with E-state index in [1.54, 1.807) is 12.2 Å². The summed E-state index contributed by atoms with van der Waals surface area (Å²) in [5.74, 6) is -0.873. The molecule has 0 aromatic heterocycles. The standard InChI is InChI=1S/C46H79O11P/c1-3-5-7-8-9-10-11-12-13-14-15-16-19-23-26-29-33-37-46(51)57-44(41-56-58(52,53)55-39-43(49)38-47)40-54-45(50)36-32-28-25-22-20-17-18-21-24-27-31-35-42(48)34-30-6-4-2/h12-13,17-18,22,24-25,27,31,35,43-44,47,49H,3-11,14-16,19-21,23,26,28-30,32-34,36-41H2,1-2H3,(H,52,53)/b13-12-,18-17-,25-22-,27-24-,35-31+/t43-,44+/m0/s1. The van der Waals surface area contributed by atoms with Crippen LogP contribution in [0.1, 0.15) is 174 Å². The zero-order valence-corrected chi connectivity index (χ0v) is 36.9. The molecule has 0 aliphatic heterocycles. The molecule has 0 spiro atoms. The molecule has 0 bridgehead atoms. The Hall–Kier alpha value is -2.66. The van der Waals surface area contributed by atoms with E-state index in [1.165, 1.54) is 57.8 Å². The molecule has 3 atom stereocenters. The molecule has 0 amide bonds. The first-order valence-corrected chi connectivity index (χ1v) is 23.7. The maximum Gasteiger partial charge on any atom is 0.472 e. The molecule has 0 fully saturated rings. The molecule has 0 aromatic rings. The number of ether oxygens (including phenoxy) is 2. The van der Waals surface area contributed by atoms with Crippen LogP contribution in [0.15, 0.2) is 60.8 Å². The molecule has 0 saturated carbocycles. The first-order valence-electron chi connectivity index (χ1n) is 22.2. The van der Waals surface area contributed by atoms with E-state index in [0.717, 1.165) is 64.2 Å². The van der Waals surface area contributed by atoms with E-state index in [0.29, 0.717) is 25.7 Å². The summed E-state index contributed by atoms with van der Waals surface area (Å²) in [5.41, 5.74) is 0. The molecule has 0 heterocycles. The molecule has 11 nitrogen and oxygen atoms in total. The highest BCUT2D eigenvalue weighted by atomic mass is 31.2. The van der Waals surface area contributed by atoms with Crippen molar-refractivity contribution < 1.29 is 52.6 Å². The lowest BCUT2D eigenvalue weighted by Gasteiger charge is -2.20. The summed E-state index contributed by atoms with van der Waals surface area (Å²) in [5, 5.41) is 18.3. The second kappa shape index (κ2) is 41.1. The summed E-state index contributed by atoms with van der Waals surface area (Å²) < 4.78 is 32.6. The van der Waals surface area contributed by atoms with Gasteiger partial charge in [-0.2, -0.15) is 0 Å². The van der Waals surface area contributed by atoms with Crippen molar-refractivity contribution in [2.24, 2.45) is 0 Å². The molecule has 334 valence electrons. The van der Waals surface area contributed by atoms with E-state index in [-0.39, 0.29) is 25.2 Å². The Bertz CT molecular complexity index is 1210. The number of hydrogen-bond donors (Lipinski definition) is 3. The minimum absolute atomic E-state index is 0.137. The molecule has 58 heavy (non-hydrogen) atoms. The zero-order valence-electron chi connectivity index (χ0n) is 36.0. The van der Waals surface area contributed by atoms with Gasteiger partial charge in [0.05, 0.1) is 19.8 Å². The van der Waals surface area contributed by atoms with Gasteiger partial charge in [0.25, 0.3) is 0 Å². The third-order valence-corrected chi connectivity index (χ3v) is 10.1. The Labute approximate surface area is 351 Å². The van der Waals surface area contributed by atoms with Gasteiger partial charge in [0, 0.05) is 19.3 Å². The van der Waals surface area contributed by atoms with Gasteiger partial charge in [-0.15, -0.1) is 0 Å². The molecule has 0 aliphatic carbocycles. The van der Waals surface area contributed by atoms with Gasteiger partial charge in [0.1, 0.15) is 12.7 Å². The average molecular weight is 839 g/mol. The molecule has 0 aliphatic rings. The van der Waals surface area contributed by atoms with Crippen LogP contribution in [-0.4, -0.2) is 71.5 Å². The molecular formula is C46H79O11P. The summed E-state index contributed by atoms with van der Waals surface area (Å²) >= 11 is 0. The average Bonchev–Trinajstić information content (AvgIpc) is 3.20. The van der Waals surface area contributed by atoms with Crippen LogP contribution in [0.3, 0.4) is 0 Å². The van der Waals surface area contributed by atoms with Gasteiger partial charge in [-0.25, -0.2) is 4.57 Å². The summed E-state index contributed by atoms with van der Waals surface area (Å²) in [4.78, 5) is 46.7. The molecule has 0 saturated heterocycles. The molecule has 0 radical (unpaired) electrons. The van der Waals surface area contributed by atoms with Crippen molar-refractivity contribution in [2.75, 3.05) is 26.4 Å². The van der Waals surface area contributed by atoms with Crippen LogP contribution in [0.4, 0.5) is 0 Å². The van der Waals surface area contributed by atoms with E-state index in [2.05, 4.69) is 30.5 Å². The maximum absolute atomic E-state index is 12.6. The molecule has 0 rings (SSSR count). The number of unbranched alkanes of at least 4 members (excludes halogenated alkanes) is 16. The second-order valence-corrected chi connectivity index (χ2v) is 16.2. The third-order valence-electron chi connectivity index (χ3n) is 9.12. The number of phosphoric acid groups is 1. The van der Waals surface area contributed by atoms with Crippen molar-refractivity contribution in [1.29, 1.82) is 0 Å². The van der Waals surface area contributed by atoms with Crippen molar-refractivity contribution >= 4 is 25.5 Å². The van der Waals surface area contributed by atoms with Crippen LogP contribution >= 0.6 is 7.82 Å². The fourth-order valence-corrected chi connectivity index (χ4v) is 6.43. The Kier molecular flexibility index (Phi) is 39.2. The van der Waals surface area contributed by atoms with Gasteiger partial charge in [-0.1, -0.05) is 146 Å². The third kappa shape index (κ3) is 40.1. The number of carbonyl (C=O) groups is 3. The fraction of sp³-hybridized carbons (Fsp3) is 0.717. The number of esters is 2. The molecule has 0 aromatic carbocycles. The van der Waals surface area contributed by atoms with Crippen molar-refractivity contribution in [3.8, 4) is 0 Å². The fourth-order valence-electron chi connectivity index (χ4n) is 5.64. The number of rotatable bonds is 41. The minimum Gasteiger partial charge on any atom is -0.462 e. The van der Waals surface area contributed by atoms with Gasteiger partial charge in [0.2, 0.25) is 0 Å². The Morgan fingerprint density at radius 2 is 1.07 bits per heavy atom. The normalized spacial score (nSPS) is 14.3. The zero-order chi connectivity index (χ0) is 42.8. The summed E-state index contributed by atoms with van der Waals surface area (Å²) in [6, 6.07) is 0. The Balaban J connectivity index is 4.43. The van der Waals surface area contributed by atoms with E-state index in [9.17, 15) is 28.9 Å². The van der Waals surface area contributed by atoms with E-state index in [4.69, 9.17) is 19.1 Å². The van der Waals surface area contributed by atoms with Gasteiger partial charge in [-0.05, 0) is 70.3 Å². The highest BCUT2D eigenvalue weighted by Gasteiger charge is 2.27. The monoisotopic (exact) mass is 839 g/mol. The lowest BCUT2D eigenvalue weighted by Crippen LogP contribution is -2.29. The van der Waals surface area contributed by atoms with Gasteiger partial charge < -0.3 is 24.6 Å². The van der Waals surface area contributed by atoms with Gasteiger partial charge in [0.15, 0.2) is 11.9 Å². The number of aliphatic hydroxyl groups excluding tert-OH is 2. The second-order valence-electron chi connectivity index (χ2n) is 14.7. The number of ketones is 1. The first-order chi connectivity index (χ1) is 28.1. The topological polar surface area (TPSA) is 166 Å².